The van der Waals surface area contributed by atoms with Crippen LogP contribution in [0.2, 0.25) is 0 Å². The number of amides is 1. The molecule has 3 heterocycles. The van der Waals surface area contributed by atoms with Gasteiger partial charge in [0, 0.05) is 18.8 Å². The zero-order valence-electron chi connectivity index (χ0n) is 13.7. The highest BCUT2D eigenvalue weighted by molar-refractivity contribution is 5.93. The van der Waals surface area contributed by atoms with Crippen molar-refractivity contribution in [2.24, 2.45) is 0 Å². The fraction of sp³-hybridized carbons (Fsp3) is 0.588. The summed E-state index contributed by atoms with van der Waals surface area (Å²) in [5.41, 5.74) is 0.114. The van der Waals surface area contributed by atoms with Gasteiger partial charge in [-0.15, -0.1) is 0 Å². The number of piperidine rings is 1. The molecule has 7 nitrogen and oxygen atoms in total. The van der Waals surface area contributed by atoms with E-state index in [1.807, 2.05) is 18.3 Å². The summed E-state index contributed by atoms with van der Waals surface area (Å²) in [7, 11) is 0. The number of carbonyl (C=O) groups is 1. The molecule has 1 saturated carbocycles. The predicted molar refractivity (Wildman–Crippen MR) is 87.4 cm³/mol. The lowest BCUT2D eigenvalue weighted by molar-refractivity contribution is -0.0323. The molecule has 0 aromatic carbocycles. The number of aromatic nitrogens is 4. The molecule has 1 aliphatic carbocycles. The Morgan fingerprint density at radius 2 is 2.17 bits per heavy atom. The second-order valence-electron chi connectivity index (χ2n) is 6.96. The highest BCUT2D eigenvalue weighted by atomic mass is 16.3. The summed E-state index contributed by atoms with van der Waals surface area (Å²) in [6, 6.07) is 4.27. The number of rotatable bonds is 3. The molecular formula is C17H23N5O2. The van der Waals surface area contributed by atoms with Crippen molar-refractivity contribution in [3.05, 3.63) is 35.9 Å². The average molecular weight is 329 g/mol. The van der Waals surface area contributed by atoms with Gasteiger partial charge >= 0.3 is 0 Å². The van der Waals surface area contributed by atoms with Gasteiger partial charge in [-0.05, 0) is 37.8 Å². The van der Waals surface area contributed by atoms with E-state index in [0.717, 1.165) is 25.0 Å². The zero-order valence-corrected chi connectivity index (χ0v) is 13.7. The summed E-state index contributed by atoms with van der Waals surface area (Å²) in [5, 5.41) is 21.3. The van der Waals surface area contributed by atoms with E-state index in [0.29, 0.717) is 24.7 Å². The lowest BCUT2D eigenvalue weighted by Gasteiger charge is -2.38. The van der Waals surface area contributed by atoms with E-state index in [1.54, 1.807) is 4.90 Å². The standard InChI is InChI=1S/C17H23N5O2/c23-16(14-7-3-10-22(14)13-5-1-2-6-13)21-9-4-8-17(24,12-21)15-11-18-20-19-15/h3,7,10-11,13,24H,1-2,4-6,8-9,12H2,(H,18,19,20)/t17-/m0/s1. The van der Waals surface area contributed by atoms with Gasteiger partial charge in [-0.2, -0.15) is 15.4 Å². The number of likely N-dealkylation sites (tertiary alicyclic amines) is 1. The van der Waals surface area contributed by atoms with Crippen LogP contribution in [-0.4, -0.2) is 49.0 Å². The third-order valence-electron chi connectivity index (χ3n) is 5.37. The van der Waals surface area contributed by atoms with Crippen LogP contribution in [0.5, 0.6) is 0 Å². The maximum atomic E-state index is 13.0. The van der Waals surface area contributed by atoms with Gasteiger partial charge in [0.25, 0.3) is 5.91 Å². The smallest absolute Gasteiger partial charge is 0.270 e. The molecule has 1 saturated heterocycles. The summed E-state index contributed by atoms with van der Waals surface area (Å²) >= 11 is 0. The van der Waals surface area contributed by atoms with Crippen LogP contribution in [-0.2, 0) is 5.60 Å². The van der Waals surface area contributed by atoms with Crippen LogP contribution in [0.1, 0.15) is 60.7 Å². The lowest BCUT2D eigenvalue weighted by atomic mass is 9.90. The molecule has 1 atom stereocenters. The number of H-pyrrole nitrogens is 1. The Morgan fingerprint density at radius 3 is 2.92 bits per heavy atom. The van der Waals surface area contributed by atoms with Crippen LogP contribution in [0.3, 0.4) is 0 Å². The molecule has 2 aliphatic rings. The topological polar surface area (TPSA) is 87.0 Å². The minimum Gasteiger partial charge on any atom is -0.382 e. The lowest BCUT2D eigenvalue weighted by Crippen LogP contribution is -2.49. The first-order chi connectivity index (χ1) is 11.7. The van der Waals surface area contributed by atoms with Gasteiger partial charge < -0.3 is 14.6 Å². The number of nitrogens with one attached hydrogen (secondary N) is 1. The first-order valence-corrected chi connectivity index (χ1v) is 8.72. The first kappa shape index (κ1) is 15.4. The maximum Gasteiger partial charge on any atom is 0.270 e. The Morgan fingerprint density at radius 1 is 1.33 bits per heavy atom. The van der Waals surface area contributed by atoms with Gasteiger partial charge in [-0.25, -0.2) is 0 Å². The molecule has 2 aromatic heterocycles. The largest absolute Gasteiger partial charge is 0.382 e. The van der Waals surface area contributed by atoms with Crippen molar-refractivity contribution in [1.82, 2.24) is 24.9 Å². The van der Waals surface area contributed by atoms with Gasteiger partial charge in [0.2, 0.25) is 0 Å². The van der Waals surface area contributed by atoms with E-state index in [9.17, 15) is 9.90 Å². The molecule has 1 aliphatic heterocycles. The van der Waals surface area contributed by atoms with Gasteiger partial charge in [-0.3, -0.25) is 4.79 Å². The van der Waals surface area contributed by atoms with Crippen LogP contribution in [0, 0.1) is 0 Å². The highest BCUT2D eigenvalue weighted by Gasteiger charge is 2.39. The maximum absolute atomic E-state index is 13.0. The molecule has 7 heteroatoms. The van der Waals surface area contributed by atoms with Gasteiger partial charge in [0.1, 0.15) is 17.0 Å². The number of aliphatic hydroxyl groups is 1. The Kier molecular flexibility index (Phi) is 3.88. The van der Waals surface area contributed by atoms with Crippen LogP contribution >= 0.6 is 0 Å². The van der Waals surface area contributed by atoms with Crippen LogP contribution in [0.15, 0.2) is 24.5 Å². The van der Waals surface area contributed by atoms with Crippen molar-refractivity contribution in [2.75, 3.05) is 13.1 Å². The van der Waals surface area contributed by atoms with Crippen LogP contribution in [0.4, 0.5) is 0 Å². The molecule has 0 unspecified atom stereocenters. The molecule has 4 rings (SSSR count). The number of nitrogens with zero attached hydrogens (tertiary/aromatic N) is 4. The fourth-order valence-electron chi connectivity index (χ4n) is 4.08. The Bertz CT molecular complexity index is 704. The first-order valence-electron chi connectivity index (χ1n) is 8.72. The van der Waals surface area contributed by atoms with Crippen LogP contribution in [0.25, 0.3) is 0 Å². The summed E-state index contributed by atoms with van der Waals surface area (Å²) in [6.07, 6.45) is 9.62. The molecule has 0 bridgehead atoms. The number of hydrogen-bond acceptors (Lipinski definition) is 4. The molecule has 0 spiro atoms. The number of hydrogen-bond donors (Lipinski definition) is 2. The Hall–Kier alpha value is -2.15. The van der Waals surface area contributed by atoms with Crippen molar-refractivity contribution in [2.45, 2.75) is 50.2 Å². The monoisotopic (exact) mass is 329 g/mol. The minimum absolute atomic E-state index is 0.00600. The van der Waals surface area contributed by atoms with Crippen molar-refractivity contribution in [3.63, 3.8) is 0 Å². The molecule has 2 N–H and O–H groups in total. The SMILES string of the molecule is O=C(c1cccn1C1CCCC1)N1CCC[C@@](O)(c2cn[nH]n2)C1. The van der Waals surface area contributed by atoms with E-state index in [2.05, 4.69) is 20.0 Å². The number of carbonyl (C=O) groups excluding carboxylic acids is 1. The van der Waals surface area contributed by atoms with Crippen molar-refractivity contribution in [1.29, 1.82) is 0 Å². The molecule has 2 aromatic rings. The molecule has 24 heavy (non-hydrogen) atoms. The van der Waals surface area contributed by atoms with E-state index in [1.165, 1.54) is 19.0 Å². The Balaban J connectivity index is 1.55. The summed E-state index contributed by atoms with van der Waals surface area (Å²) in [4.78, 5) is 14.8. The van der Waals surface area contributed by atoms with E-state index in [4.69, 9.17) is 0 Å². The third-order valence-corrected chi connectivity index (χ3v) is 5.37. The quantitative estimate of drug-likeness (QED) is 0.899. The van der Waals surface area contributed by atoms with Gasteiger partial charge in [-0.1, -0.05) is 12.8 Å². The normalized spacial score (nSPS) is 25.3. The second-order valence-corrected chi connectivity index (χ2v) is 6.96. The summed E-state index contributed by atoms with van der Waals surface area (Å²) in [5.74, 6) is -0.00600. The number of aromatic amines is 1. The predicted octanol–water partition coefficient (Wildman–Crippen LogP) is 1.85. The molecule has 128 valence electrons. The minimum atomic E-state index is -1.12. The van der Waals surface area contributed by atoms with E-state index < -0.39 is 5.60 Å². The highest BCUT2D eigenvalue weighted by Crippen LogP contribution is 2.33. The average Bonchev–Trinajstić information content (AvgIpc) is 3.35. The molecule has 1 amide bonds. The van der Waals surface area contributed by atoms with Crippen molar-refractivity contribution < 1.29 is 9.90 Å². The Labute approximate surface area is 140 Å². The molecule has 0 radical (unpaired) electrons. The van der Waals surface area contributed by atoms with Gasteiger partial charge in [0.15, 0.2) is 0 Å². The van der Waals surface area contributed by atoms with E-state index >= 15 is 0 Å². The summed E-state index contributed by atoms with van der Waals surface area (Å²) < 4.78 is 2.12. The second kappa shape index (κ2) is 6.05. The molecular weight excluding hydrogens is 306 g/mol. The zero-order chi connectivity index (χ0) is 16.6. The number of β-amino-alcohol motifs (C(OH)–C–C–N with tert-alkyl or cyclic N) is 1. The van der Waals surface area contributed by atoms with Crippen LogP contribution < -0.4 is 0 Å². The molecule has 2 fully saturated rings. The summed E-state index contributed by atoms with van der Waals surface area (Å²) in [6.45, 7) is 0.920. The van der Waals surface area contributed by atoms with Crippen molar-refractivity contribution in [3.8, 4) is 0 Å². The van der Waals surface area contributed by atoms with Crippen molar-refractivity contribution >= 4 is 5.91 Å². The fourth-order valence-corrected chi connectivity index (χ4v) is 4.08. The third kappa shape index (κ3) is 2.62. The van der Waals surface area contributed by atoms with Gasteiger partial charge in [0.05, 0.1) is 12.7 Å². The van der Waals surface area contributed by atoms with E-state index in [-0.39, 0.29) is 12.5 Å².